The van der Waals surface area contributed by atoms with E-state index < -0.39 is 5.82 Å². The van der Waals surface area contributed by atoms with Crippen LogP contribution in [0.15, 0.2) is 29.5 Å². The van der Waals surface area contributed by atoms with Gasteiger partial charge in [-0.2, -0.15) is 10.1 Å². The van der Waals surface area contributed by atoms with E-state index in [1.165, 1.54) is 7.05 Å². The SMILES string of the molecule is CN(C=O)/N=C1/COc2ccc(Nc3ncc(F)c(N)n3)cc2N1C. The predicted molar refractivity (Wildman–Crippen MR) is 91.3 cm³/mol. The van der Waals surface area contributed by atoms with Crippen LogP contribution >= 0.6 is 0 Å². The third-order valence-corrected chi connectivity index (χ3v) is 3.52. The van der Waals surface area contributed by atoms with Gasteiger partial charge < -0.3 is 20.7 Å². The van der Waals surface area contributed by atoms with Crippen molar-refractivity contribution in [3.63, 3.8) is 0 Å². The van der Waals surface area contributed by atoms with Gasteiger partial charge in [-0.05, 0) is 18.2 Å². The highest BCUT2D eigenvalue weighted by molar-refractivity contribution is 6.02. The number of hydrogen-bond donors (Lipinski definition) is 2. The summed E-state index contributed by atoms with van der Waals surface area (Å²) in [5, 5.41) is 8.26. The molecule has 0 aliphatic carbocycles. The van der Waals surface area contributed by atoms with Gasteiger partial charge in [0.25, 0.3) is 0 Å². The molecule has 1 aromatic heterocycles. The number of nitrogens with two attached hydrogens (primary N) is 1. The Bertz CT molecular complexity index is 843. The number of anilines is 4. The topological polar surface area (TPSA) is 109 Å². The average Bonchev–Trinajstić information content (AvgIpc) is 2.61. The van der Waals surface area contributed by atoms with Crippen molar-refractivity contribution in [1.82, 2.24) is 15.0 Å². The van der Waals surface area contributed by atoms with Crippen molar-refractivity contribution < 1.29 is 13.9 Å². The third-order valence-electron chi connectivity index (χ3n) is 3.52. The molecule has 2 aromatic rings. The summed E-state index contributed by atoms with van der Waals surface area (Å²) in [4.78, 5) is 20.2. The molecule has 3 rings (SSSR count). The van der Waals surface area contributed by atoms with Crippen LogP contribution in [0, 0.1) is 5.82 Å². The molecule has 0 saturated carbocycles. The number of nitrogens with zero attached hydrogens (tertiary/aromatic N) is 5. The molecule has 9 nitrogen and oxygen atoms in total. The molecule has 0 spiro atoms. The number of aromatic nitrogens is 2. The number of ether oxygens (including phenoxy) is 1. The Morgan fingerprint density at radius 3 is 3.04 bits per heavy atom. The smallest absolute Gasteiger partial charge is 0.229 e. The first-order valence-corrected chi connectivity index (χ1v) is 7.29. The largest absolute Gasteiger partial charge is 0.483 e. The number of amidine groups is 1. The molecular weight excluding hydrogens is 329 g/mol. The molecule has 25 heavy (non-hydrogen) atoms. The summed E-state index contributed by atoms with van der Waals surface area (Å²) >= 11 is 0. The van der Waals surface area contributed by atoms with E-state index >= 15 is 0 Å². The Labute approximate surface area is 142 Å². The molecule has 0 unspecified atom stereocenters. The fourth-order valence-corrected chi connectivity index (χ4v) is 2.23. The summed E-state index contributed by atoms with van der Waals surface area (Å²) in [6, 6.07) is 5.35. The van der Waals surface area contributed by atoms with Crippen LogP contribution in [0.4, 0.5) is 27.5 Å². The van der Waals surface area contributed by atoms with Crippen molar-refractivity contribution in [3.05, 3.63) is 30.2 Å². The molecule has 0 radical (unpaired) electrons. The van der Waals surface area contributed by atoms with Crippen LogP contribution in [-0.4, -0.2) is 47.9 Å². The third kappa shape index (κ3) is 3.42. The number of amides is 1. The van der Waals surface area contributed by atoms with E-state index in [1.807, 2.05) is 11.9 Å². The fraction of sp³-hybridized carbons (Fsp3) is 0.200. The Morgan fingerprint density at radius 2 is 2.32 bits per heavy atom. The minimum absolute atomic E-state index is 0.174. The summed E-state index contributed by atoms with van der Waals surface area (Å²) in [6.07, 6.45) is 1.60. The number of halogens is 1. The first-order chi connectivity index (χ1) is 12.0. The van der Waals surface area contributed by atoms with Crippen molar-refractivity contribution in [2.45, 2.75) is 0 Å². The van der Waals surface area contributed by atoms with Crippen LogP contribution in [0.25, 0.3) is 0 Å². The van der Waals surface area contributed by atoms with Crippen molar-refractivity contribution >= 4 is 35.4 Å². The van der Waals surface area contributed by atoms with Crippen molar-refractivity contribution in [2.75, 3.05) is 36.7 Å². The van der Waals surface area contributed by atoms with Crippen LogP contribution in [0.1, 0.15) is 0 Å². The molecule has 0 saturated heterocycles. The monoisotopic (exact) mass is 345 g/mol. The molecule has 0 fully saturated rings. The summed E-state index contributed by atoms with van der Waals surface area (Å²) < 4.78 is 18.8. The summed E-state index contributed by atoms with van der Waals surface area (Å²) in [7, 11) is 3.35. The number of benzene rings is 1. The van der Waals surface area contributed by atoms with Crippen LogP contribution < -0.4 is 20.7 Å². The molecule has 2 heterocycles. The number of hydrogen-bond acceptors (Lipinski definition) is 7. The molecule has 3 N–H and O–H groups in total. The molecule has 0 bridgehead atoms. The lowest BCUT2D eigenvalue weighted by molar-refractivity contribution is -0.117. The second-order valence-electron chi connectivity index (χ2n) is 5.28. The van der Waals surface area contributed by atoms with Gasteiger partial charge in [0, 0.05) is 19.8 Å². The van der Waals surface area contributed by atoms with E-state index in [2.05, 4.69) is 20.4 Å². The molecule has 0 atom stereocenters. The van der Waals surface area contributed by atoms with Crippen LogP contribution in [0.5, 0.6) is 5.75 Å². The van der Waals surface area contributed by atoms with Crippen molar-refractivity contribution in [1.29, 1.82) is 0 Å². The average molecular weight is 345 g/mol. The molecule has 130 valence electrons. The van der Waals surface area contributed by atoms with Gasteiger partial charge in [0.2, 0.25) is 12.4 Å². The van der Waals surface area contributed by atoms with Crippen LogP contribution in [0.3, 0.4) is 0 Å². The van der Waals surface area contributed by atoms with Gasteiger partial charge in [0.1, 0.15) is 12.4 Å². The number of rotatable bonds is 4. The van der Waals surface area contributed by atoms with E-state index in [9.17, 15) is 9.18 Å². The first kappa shape index (κ1) is 16.4. The highest BCUT2D eigenvalue weighted by atomic mass is 19.1. The van der Waals surface area contributed by atoms with Gasteiger partial charge in [0.05, 0.1) is 11.9 Å². The quantitative estimate of drug-likeness (QED) is 0.632. The maximum Gasteiger partial charge on any atom is 0.229 e. The number of nitrogens with one attached hydrogen (secondary N) is 1. The van der Waals surface area contributed by atoms with Crippen molar-refractivity contribution in [3.8, 4) is 5.75 Å². The Hall–Kier alpha value is -3.43. The standard InChI is InChI=1S/C15H16FN7O2/c1-22(8-24)21-13-7-25-12-4-3-9(5-11(12)23(13)2)19-15-18-6-10(16)14(17)20-15/h3-6,8H,7H2,1-2H3,(H3,17,18,19,20)/b21-13-. The zero-order valence-electron chi connectivity index (χ0n) is 13.6. The number of carbonyl (C=O) groups is 1. The highest BCUT2D eigenvalue weighted by Crippen LogP contribution is 2.34. The number of hydrazone groups is 1. The van der Waals surface area contributed by atoms with E-state index in [4.69, 9.17) is 10.5 Å². The second-order valence-corrected chi connectivity index (χ2v) is 5.28. The van der Waals surface area contributed by atoms with Gasteiger partial charge in [-0.15, -0.1) is 0 Å². The molecule has 1 amide bonds. The maximum absolute atomic E-state index is 13.1. The summed E-state index contributed by atoms with van der Waals surface area (Å²) in [5.74, 6) is 0.501. The lowest BCUT2D eigenvalue weighted by atomic mass is 10.2. The van der Waals surface area contributed by atoms with E-state index in [0.29, 0.717) is 23.7 Å². The fourth-order valence-electron chi connectivity index (χ4n) is 2.23. The number of likely N-dealkylation sites (N-methyl/N-ethyl adjacent to an activating group) is 1. The van der Waals surface area contributed by atoms with Gasteiger partial charge in [0.15, 0.2) is 17.5 Å². The predicted octanol–water partition coefficient (Wildman–Crippen LogP) is 1.17. The molecule has 1 aliphatic rings. The van der Waals surface area contributed by atoms with E-state index in [-0.39, 0.29) is 18.4 Å². The van der Waals surface area contributed by atoms with Crippen LogP contribution in [-0.2, 0) is 4.79 Å². The molecule has 1 aliphatic heterocycles. The molecule has 1 aromatic carbocycles. The number of carbonyl (C=O) groups excluding carboxylic acids is 1. The van der Waals surface area contributed by atoms with Crippen molar-refractivity contribution in [2.24, 2.45) is 5.10 Å². The Balaban J connectivity index is 1.87. The van der Waals surface area contributed by atoms with Gasteiger partial charge in [-0.25, -0.2) is 14.4 Å². The first-order valence-electron chi connectivity index (χ1n) is 7.29. The molecular formula is C15H16FN7O2. The summed E-state index contributed by atoms with van der Waals surface area (Å²) in [6.45, 7) is 0.242. The van der Waals surface area contributed by atoms with Gasteiger partial charge in [-0.1, -0.05) is 0 Å². The van der Waals surface area contributed by atoms with Gasteiger partial charge in [-0.3, -0.25) is 4.79 Å². The van der Waals surface area contributed by atoms with Crippen LogP contribution in [0.2, 0.25) is 0 Å². The summed E-state index contributed by atoms with van der Waals surface area (Å²) in [5.41, 5.74) is 6.84. The lowest BCUT2D eigenvalue weighted by Crippen LogP contribution is -2.37. The van der Waals surface area contributed by atoms with E-state index in [0.717, 1.165) is 16.9 Å². The minimum Gasteiger partial charge on any atom is -0.483 e. The zero-order chi connectivity index (χ0) is 18.0. The zero-order valence-corrected chi connectivity index (χ0v) is 13.6. The minimum atomic E-state index is -0.677. The Kier molecular flexibility index (Phi) is 4.33. The maximum atomic E-state index is 13.1. The second kappa shape index (κ2) is 6.59. The van der Waals surface area contributed by atoms with Gasteiger partial charge >= 0.3 is 0 Å². The number of nitrogen functional groups attached to an aromatic ring is 1. The molecule has 10 heteroatoms. The normalized spacial score (nSPS) is 14.7. The lowest BCUT2D eigenvalue weighted by Gasteiger charge is -2.29. The van der Waals surface area contributed by atoms with E-state index in [1.54, 1.807) is 18.2 Å². The highest BCUT2D eigenvalue weighted by Gasteiger charge is 2.22. The number of fused-ring (bicyclic) bond motifs is 1. The Morgan fingerprint density at radius 1 is 1.52 bits per heavy atom.